The minimum absolute atomic E-state index is 0.0461. The molecule has 0 aliphatic heterocycles. The number of nitrogens with zero attached hydrogens (tertiary/aromatic N) is 3. The number of ether oxygens (including phenoxy) is 1. The maximum absolute atomic E-state index is 13.3. The average molecular weight is 457 g/mol. The van der Waals surface area contributed by atoms with Gasteiger partial charge in [-0.25, -0.2) is 4.79 Å². The Balaban J connectivity index is 2.13. The normalized spacial score (nSPS) is 10.9. The summed E-state index contributed by atoms with van der Waals surface area (Å²) in [5.74, 6) is -0.649. The highest BCUT2D eigenvalue weighted by molar-refractivity contribution is 6.30. The van der Waals surface area contributed by atoms with Crippen LogP contribution in [0.4, 0.5) is 0 Å². The molecule has 1 amide bonds. The Morgan fingerprint density at radius 3 is 2.50 bits per heavy atom. The van der Waals surface area contributed by atoms with Crippen molar-refractivity contribution >= 4 is 17.5 Å². The molecule has 32 heavy (non-hydrogen) atoms. The number of amides is 1. The van der Waals surface area contributed by atoms with Crippen molar-refractivity contribution in [2.24, 2.45) is 0 Å². The second kappa shape index (κ2) is 10.4. The van der Waals surface area contributed by atoms with E-state index in [0.29, 0.717) is 35.8 Å². The van der Waals surface area contributed by atoms with Crippen LogP contribution in [0.3, 0.4) is 0 Å². The van der Waals surface area contributed by atoms with Crippen molar-refractivity contribution in [3.8, 4) is 5.69 Å². The summed E-state index contributed by atoms with van der Waals surface area (Å²) in [5.41, 5.74) is 1.21. The summed E-state index contributed by atoms with van der Waals surface area (Å²) in [5, 5.41) is 7.29. The highest BCUT2D eigenvalue weighted by Crippen LogP contribution is 2.13. The molecule has 1 aromatic heterocycles. The van der Waals surface area contributed by atoms with Gasteiger partial charge in [0.05, 0.1) is 12.2 Å². The van der Waals surface area contributed by atoms with Gasteiger partial charge < -0.3 is 10.1 Å². The predicted molar refractivity (Wildman–Crippen MR) is 123 cm³/mol. The van der Waals surface area contributed by atoms with Crippen LogP contribution in [-0.2, 0) is 11.3 Å². The Morgan fingerprint density at radius 1 is 1.12 bits per heavy atom. The van der Waals surface area contributed by atoms with Crippen molar-refractivity contribution in [3.05, 3.63) is 90.7 Å². The van der Waals surface area contributed by atoms with Crippen LogP contribution in [0.15, 0.2) is 52.1 Å². The molecule has 0 radical (unpaired) electrons. The maximum Gasteiger partial charge on any atom is 0.352 e. The highest BCUT2D eigenvalue weighted by atomic mass is 35.5. The van der Waals surface area contributed by atoms with Gasteiger partial charge >= 0.3 is 5.69 Å². The molecule has 0 unspecified atom stereocenters. The summed E-state index contributed by atoms with van der Waals surface area (Å²) >= 11 is 6.06. The van der Waals surface area contributed by atoms with E-state index in [1.807, 2.05) is 19.9 Å². The van der Waals surface area contributed by atoms with Gasteiger partial charge in [-0.3, -0.25) is 14.2 Å². The molecule has 3 rings (SSSR count). The average Bonchev–Trinajstić information content (AvgIpc) is 2.73. The summed E-state index contributed by atoms with van der Waals surface area (Å²) in [4.78, 5) is 39.1. The van der Waals surface area contributed by atoms with Gasteiger partial charge in [0, 0.05) is 25.3 Å². The van der Waals surface area contributed by atoms with Crippen molar-refractivity contribution in [1.82, 2.24) is 19.7 Å². The van der Waals surface area contributed by atoms with Gasteiger partial charge in [0.1, 0.15) is 0 Å². The van der Waals surface area contributed by atoms with Gasteiger partial charge in [-0.2, -0.15) is 9.78 Å². The first-order valence-electron chi connectivity index (χ1n) is 10.1. The van der Waals surface area contributed by atoms with Gasteiger partial charge in [0.2, 0.25) is 5.69 Å². The number of carbonyl (C=O) groups is 1. The molecule has 9 heteroatoms. The largest absolute Gasteiger partial charge is 0.385 e. The Labute approximate surface area is 190 Å². The lowest BCUT2D eigenvalue weighted by atomic mass is 10.1. The molecule has 0 saturated heterocycles. The van der Waals surface area contributed by atoms with Crippen LogP contribution in [0, 0.1) is 13.8 Å². The number of nitrogens with one attached hydrogen (secondary N) is 1. The van der Waals surface area contributed by atoms with Crippen LogP contribution < -0.4 is 16.6 Å². The number of methoxy groups -OCH3 is 1. The molecule has 0 aliphatic carbocycles. The van der Waals surface area contributed by atoms with Crippen LogP contribution in [0.25, 0.3) is 5.69 Å². The van der Waals surface area contributed by atoms with E-state index in [9.17, 15) is 14.4 Å². The first-order valence-corrected chi connectivity index (χ1v) is 10.5. The Hall–Kier alpha value is -3.23. The quantitative estimate of drug-likeness (QED) is 0.525. The van der Waals surface area contributed by atoms with Crippen molar-refractivity contribution in [2.45, 2.75) is 26.8 Å². The number of hydrogen-bond acceptors (Lipinski definition) is 5. The maximum atomic E-state index is 13.3. The van der Waals surface area contributed by atoms with Crippen molar-refractivity contribution in [3.63, 3.8) is 0 Å². The zero-order chi connectivity index (χ0) is 23.3. The van der Waals surface area contributed by atoms with Crippen molar-refractivity contribution < 1.29 is 9.53 Å². The second-order valence-corrected chi connectivity index (χ2v) is 7.95. The minimum atomic E-state index is -0.764. The van der Waals surface area contributed by atoms with E-state index in [0.717, 1.165) is 20.4 Å². The fraction of sp³-hybridized carbons (Fsp3) is 0.304. The molecular weight excluding hydrogens is 432 g/mol. The standard InChI is InChI=1S/C23H25ClN4O4/c1-15-10-16(2)12-19(11-15)28-23(31)27(14-17-6-4-7-18(24)13-17)22(30)20(26-28)21(29)25-8-5-9-32-3/h4,6-7,10-13H,5,8-9,14H2,1-3H3,(H,25,29). The number of halogens is 1. The molecule has 0 bridgehead atoms. The molecule has 8 nitrogen and oxygen atoms in total. The van der Waals surface area contributed by atoms with E-state index in [2.05, 4.69) is 10.4 Å². The number of aryl methyl sites for hydroxylation is 2. The molecule has 0 aliphatic rings. The van der Waals surface area contributed by atoms with Crippen LogP contribution >= 0.6 is 11.6 Å². The smallest absolute Gasteiger partial charge is 0.352 e. The zero-order valence-corrected chi connectivity index (χ0v) is 19.0. The SMILES string of the molecule is COCCCNC(=O)c1nn(-c2cc(C)cc(C)c2)c(=O)n(Cc2cccc(Cl)c2)c1=O. The predicted octanol–water partition coefficient (Wildman–Crippen LogP) is 2.48. The molecule has 168 valence electrons. The second-order valence-electron chi connectivity index (χ2n) is 7.51. The summed E-state index contributed by atoms with van der Waals surface area (Å²) in [6.45, 7) is 4.52. The molecule has 1 N–H and O–H groups in total. The Morgan fingerprint density at radius 2 is 1.84 bits per heavy atom. The summed E-state index contributed by atoms with van der Waals surface area (Å²) in [7, 11) is 1.57. The third-order valence-electron chi connectivity index (χ3n) is 4.77. The first-order chi connectivity index (χ1) is 15.3. The van der Waals surface area contributed by atoms with E-state index >= 15 is 0 Å². The van der Waals surface area contributed by atoms with E-state index in [4.69, 9.17) is 16.3 Å². The van der Waals surface area contributed by atoms with E-state index in [1.54, 1.807) is 43.5 Å². The molecule has 0 atom stereocenters. The number of benzene rings is 2. The molecule has 0 saturated carbocycles. The minimum Gasteiger partial charge on any atom is -0.385 e. The molecule has 2 aromatic carbocycles. The van der Waals surface area contributed by atoms with E-state index in [-0.39, 0.29) is 12.2 Å². The van der Waals surface area contributed by atoms with Crippen LogP contribution in [0.5, 0.6) is 0 Å². The molecule has 1 heterocycles. The van der Waals surface area contributed by atoms with Gasteiger partial charge in [0.15, 0.2) is 0 Å². The monoisotopic (exact) mass is 456 g/mol. The summed E-state index contributed by atoms with van der Waals surface area (Å²) < 4.78 is 7.07. The highest BCUT2D eigenvalue weighted by Gasteiger charge is 2.20. The van der Waals surface area contributed by atoms with Crippen LogP contribution in [0.2, 0.25) is 5.02 Å². The first kappa shape index (κ1) is 23.4. The fourth-order valence-electron chi connectivity index (χ4n) is 3.36. The molecule has 0 fully saturated rings. The van der Waals surface area contributed by atoms with Gasteiger partial charge in [-0.05, 0) is 61.2 Å². The van der Waals surface area contributed by atoms with Gasteiger partial charge in [0.25, 0.3) is 11.5 Å². The Bertz CT molecular complexity index is 1230. The van der Waals surface area contributed by atoms with Crippen LogP contribution in [0.1, 0.15) is 33.6 Å². The summed E-state index contributed by atoms with van der Waals surface area (Å²) in [6.07, 6.45) is 0.579. The lowest BCUT2D eigenvalue weighted by Gasteiger charge is -2.13. The van der Waals surface area contributed by atoms with Crippen molar-refractivity contribution in [1.29, 1.82) is 0 Å². The number of aromatic nitrogens is 3. The number of carbonyl (C=O) groups excluding carboxylic acids is 1. The molecule has 0 spiro atoms. The topological polar surface area (TPSA) is 95.2 Å². The summed E-state index contributed by atoms with van der Waals surface area (Å²) in [6, 6.07) is 12.4. The van der Waals surface area contributed by atoms with Crippen molar-refractivity contribution in [2.75, 3.05) is 20.3 Å². The zero-order valence-electron chi connectivity index (χ0n) is 18.2. The van der Waals surface area contributed by atoms with E-state index < -0.39 is 17.2 Å². The lowest BCUT2D eigenvalue weighted by Crippen LogP contribution is -2.46. The third kappa shape index (κ3) is 5.52. The number of hydrogen-bond donors (Lipinski definition) is 1. The lowest BCUT2D eigenvalue weighted by molar-refractivity contribution is 0.0938. The van der Waals surface area contributed by atoms with Gasteiger partial charge in [-0.15, -0.1) is 0 Å². The number of rotatable bonds is 8. The molecule has 3 aromatic rings. The Kier molecular flexibility index (Phi) is 7.61. The third-order valence-corrected chi connectivity index (χ3v) is 5.00. The fourth-order valence-corrected chi connectivity index (χ4v) is 3.57. The molecular formula is C23H25ClN4O4. The van der Waals surface area contributed by atoms with Gasteiger partial charge in [-0.1, -0.05) is 29.8 Å². The van der Waals surface area contributed by atoms with E-state index in [1.165, 1.54) is 0 Å². The van der Waals surface area contributed by atoms with Crippen LogP contribution in [-0.4, -0.2) is 40.5 Å².